The van der Waals surface area contributed by atoms with Crippen LogP contribution in [0, 0.1) is 11.8 Å². The second-order valence-corrected chi connectivity index (χ2v) is 7.86. The number of rotatable bonds is 7. The molecular formula is C25H36N4O4. The molecule has 2 saturated heterocycles. The molecule has 0 spiro atoms. The quantitative estimate of drug-likeness (QED) is 0.152. The van der Waals surface area contributed by atoms with Crippen LogP contribution in [-0.4, -0.2) is 67.4 Å². The Balaban J connectivity index is 0.00000172. The Morgan fingerprint density at radius 3 is 2.30 bits per heavy atom. The summed E-state index contributed by atoms with van der Waals surface area (Å²) in [6, 6.07) is -0.552. The Morgan fingerprint density at radius 1 is 1.15 bits per heavy atom. The van der Waals surface area contributed by atoms with Crippen LogP contribution in [0.5, 0.6) is 0 Å². The standard InChI is InChI=1S/C22H30N4O4.C3H6/c1-15(6-7-16(2)30-18-10-12-23-13-11-18)21(25(4)14-27)17(3)26(5)19-8-9-20(28)24-22(19)29;1-3-2/h14,18-19,23H,2-3,8-13H2,1,4-5H3,(H,24,28,29);3H,1H2,2H3/b21-15-;. The molecule has 2 aliphatic rings. The van der Waals surface area contributed by atoms with E-state index in [1.165, 1.54) is 4.90 Å². The molecule has 33 heavy (non-hydrogen) atoms. The summed E-state index contributed by atoms with van der Waals surface area (Å²) in [4.78, 5) is 38.1. The monoisotopic (exact) mass is 456 g/mol. The van der Waals surface area contributed by atoms with Gasteiger partial charge in [-0.15, -0.1) is 6.58 Å². The number of piperidine rings is 2. The maximum atomic E-state index is 12.2. The molecule has 2 fully saturated rings. The van der Waals surface area contributed by atoms with Crippen LogP contribution in [0.15, 0.2) is 48.5 Å². The molecule has 2 N–H and O–H groups in total. The van der Waals surface area contributed by atoms with Crippen molar-refractivity contribution in [3.63, 3.8) is 0 Å². The number of carbonyl (C=O) groups excluding carboxylic acids is 3. The van der Waals surface area contributed by atoms with E-state index < -0.39 is 6.04 Å². The van der Waals surface area contributed by atoms with Crippen molar-refractivity contribution < 1.29 is 19.1 Å². The van der Waals surface area contributed by atoms with Crippen LogP contribution in [0.4, 0.5) is 0 Å². The topological polar surface area (TPSA) is 91.0 Å². The Kier molecular flexibility index (Phi) is 11.7. The minimum atomic E-state index is -0.552. The molecule has 0 saturated carbocycles. The first-order valence-corrected chi connectivity index (χ1v) is 11.0. The molecule has 1 atom stereocenters. The van der Waals surface area contributed by atoms with Crippen molar-refractivity contribution in [3.8, 4) is 11.8 Å². The summed E-state index contributed by atoms with van der Waals surface area (Å²) in [6.45, 7) is 16.8. The van der Waals surface area contributed by atoms with Crippen molar-refractivity contribution in [2.24, 2.45) is 0 Å². The van der Waals surface area contributed by atoms with Crippen molar-refractivity contribution >= 4 is 18.2 Å². The third-order valence-electron chi connectivity index (χ3n) is 5.23. The molecule has 2 aliphatic heterocycles. The maximum Gasteiger partial charge on any atom is 0.249 e. The van der Waals surface area contributed by atoms with Crippen LogP contribution >= 0.6 is 0 Å². The zero-order chi connectivity index (χ0) is 25.0. The van der Waals surface area contributed by atoms with Crippen molar-refractivity contribution in [2.75, 3.05) is 27.2 Å². The molecule has 0 radical (unpaired) electrons. The summed E-state index contributed by atoms with van der Waals surface area (Å²) in [6.07, 6.45) is 4.95. The van der Waals surface area contributed by atoms with Gasteiger partial charge in [-0.2, -0.15) is 0 Å². The average molecular weight is 457 g/mol. The van der Waals surface area contributed by atoms with E-state index in [0.29, 0.717) is 35.6 Å². The van der Waals surface area contributed by atoms with Gasteiger partial charge in [0.15, 0.2) is 5.76 Å². The smallest absolute Gasteiger partial charge is 0.249 e. The molecule has 8 heteroatoms. The van der Waals surface area contributed by atoms with Crippen LogP contribution in [0.25, 0.3) is 0 Å². The summed E-state index contributed by atoms with van der Waals surface area (Å²) in [5, 5.41) is 5.61. The van der Waals surface area contributed by atoms with Gasteiger partial charge in [-0.05, 0) is 58.7 Å². The van der Waals surface area contributed by atoms with E-state index in [9.17, 15) is 14.4 Å². The highest BCUT2D eigenvalue weighted by Gasteiger charge is 2.32. The van der Waals surface area contributed by atoms with E-state index in [1.54, 1.807) is 32.0 Å². The fourth-order valence-corrected chi connectivity index (χ4v) is 3.51. The fraction of sp³-hybridized carbons (Fsp3) is 0.480. The molecule has 8 nitrogen and oxygen atoms in total. The number of amides is 3. The Morgan fingerprint density at radius 2 is 1.76 bits per heavy atom. The first-order valence-electron chi connectivity index (χ1n) is 11.0. The number of nitrogens with one attached hydrogen (secondary N) is 2. The Bertz CT molecular complexity index is 859. The number of hydrogen-bond donors (Lipinski definition) is 2. The summed E-state index contributed by atoms with van der Waals surface area (Å²) in [5.74, 6) is 5.60. The molecule has 0 aromatic rings. The third kappa shape index (κ3) is 8.62. The maximum absolute atomic E-state index is 12.2. The highest BCUT2D eigenvalue weighted by molar-refractivity contribution is 6.00. The number of nitrogens with zero attached hydrogens (tertiary/aromatic N) is 2. The predicted octanol–water partition coefficient (Wildman–Crippen LogP) is 2.08. The van der Waals surface area contributed by atoms with Crippen LogP contribution in [0.2, 0.25) is 0 Å². The van der Waals surface area contributed by atoms with Crippen LogP contribution in [0.1, 0.15) is 39.5 Å². The molecule has 0 aromatic heterocycles. The molecule has 2 heterocycles. The second-order valence-electron chi connectivity index (χ2n) is 7.86. The summed E-state index contributed by atoms with van der Waals surface area (Å²) in [7, 11) is 3.30. The highest BCUT2D eigenvalue weighted by Crippen LogP contribution is 2.23. The lowest BCUT2D eigenvalue weighted by atomic mass is 10.0. The van der Waals surface area contributed by atoms with Crippen LogP contribution in [0.3, 0.4) is 0 Å². The van der Waals surface area contributed by atoms with Crippen LogP contribution in [-0.2, 0) is 19.1 Å². The van der Waals surface area contributed by atoms with Crippen molar-refractivity contribution in [3.05, 3.63) is 48.5 Å². The largest absolute Gasteiger partial charge is 0.483 e. The highest BCUT2D eigenvalue weighted by atomic mass is 16.5. The minimum Gasteiger partial charge on any atom is -0.483 e. The SMILES string of the molecule is C=C(C#C/C(C)=C(/C(=C)N(C)C1CCC(=O)NC1=O)N(C)C=O)OC1CCNCC1.C=CC. The Hall–Kier alpha value is -3.31. The van der Waals surface area contributed by atoms with Gasteiger partial charge in [0.25, 0.3) is 0 Å². The first-order chi connectivity index (χ1) is 15.7. The summed E-state index contributed by atoms with van der Waals surface area (Å²) in [5.41, 5.74) is 1.53. The second kappa shape index (κ2) is 14.0. The normalized spacial score (nSPS) is 18.7. The molecule has 0 bridgehead atoms. The van der Waals surface area contributed by atoms with Gasteiger partial charge in [-0.1, -0.05) is 18.6 Å². The molecule has 0 aliphatic carbocycles. The molecule has 0 aromatic carbocycles. The van der Waals surface area contributed by atoms with Crippen molar-refractivity contribution in [1.82, 2.24) is 20.4 Å². The summed E-state index contributed by atoms with van der Waals surface area (Å²) < 4.78 is 5.80. The van der Waals surface area contributed by atoms with Gasteiger partial charge in [-0.3, -0.25) is 19.7 Å². The van der Waals surface area contributed by atoms with Crippen LogP contribution < -0.4 is 10.6 Å². The lowest BCUT2D eigenvalue weighted by Gasteiger charge is -2.35. The van der Waals surface area contributed by atoms with Gasteiger partial charge in [0.2, 0.25) is 18.2 Å². The van der Waals surface area contributed by atoms with E-state index in [-0.39, 0.29) is 24.3 Å². The van der Waals surface area contributed by atoms with Crippen molar-refractivity contribution in [2.45, 2.75) is 51.7 Å². The molecule has 2 rings (SSSR count). The van der Waals surface area contributed by atoms with E-state index in [0.717, 1.165) is 25.9 Å². The van der Waals surface area contributed by atoms with Gasteiger partial charge in [0.1, 0.15) is 12.1 Å². The number of ether oxygens (including phenoxy) is 1. The predicted molar refractivity (Wildman–Crippen MR) is 129 cm³/mol. The number of likely N-dealkylation sites (N-methyl/N-ethyl adjacent to an activating group) is 2. The fourth-order valence-electron chi connectivity index (χ4n) is 3.51. The zero-order valence-corrected chi connectivity index (χ0v) is 20.2. The lowest BCUT2D eigenvalue weighted by Crippen LogP contribution is -2.51. The van der Waals surface area contributed by atoms with Gasteiger partial charge in [0.05, 0.1) is 11.4 Å². The lowest BCUT2D eigenvalue weighted by molar-refractivity contribution is -0.136. The average Bonchev–Trinajstić information content (AvgIpc) is 2.78. The number of imide groups is 1. The number of hydrogen-bond acceptors (Lipinski definition) is 6. The van der Waals surface area contributed by atoms with Gasteiger partial charge in [-0.25, -0.2) is 0 Å². The van der Waals surface area contributed by atoms with E-state index >= 15 is 0 Å². The van der Waals surface area contributed by atoms with Crippen molar-refractivity contribution in [1.29, 1.82) is 0 Å². The van der Waals surface area contributed by atoms with E-state index in [4.69, 9.17) is 4.74 Å². The minimum absolute atomic E-state index is 0.100. The van der Waals surface area contributed by atoms with Gasteiger partial charge in [0, 0.05) is 26.1 Å². The van der Waals surface area contributed by atoms with E-state index in [1.807, 2.05) is 6.92 Å². The zero-order valence-electron chi connectivity index (χ0n) is 20.2. The third-order valence-corrected chi connectivity index (χ3v) is 5.23. The molecule has 180 valence electrons. The Labute approximate surface area is 197 Å². The van der Waals surface area contributed by atoms with Gasteiger partial charge < -0.3 is 19.9 Å². The number of allylic oxidation sites excluding steroid dienone is 3. The number of carbonyl (C=O) groups is 3. The van der Waals surface area contributed by atoms with E-state index in [2.05, 4.69) is 42.2 Å². The van der Waals surface area contributed by atoms with Gasteiger partial charge >= 0.3 is 0 Å². The molecular weight excluding hydrogens is 420 g/mol. The first kappa shape index (κ1) is 27.7. The molecule has 1 unspecified atom stereocenters. The summed E-state index contributed by atoms with van der Waals surface area (Å²) >= 11 is 0. The molecule has 3 amide bonds.